The summed E-state index contributed by atoms with van der Waals surface area (Å²) in [6.07, 6.45) is -0.995. The molecule has 3 unspecified atom stereocenters. The van der Waals surface area contributed by atoms with Crippen LogP contribution in [-0.4, -0.2) is 32.9 Å². The molecule has 1 aromatic carbocycles. The number of aromatic amines is 1. The molecule has 2 heterocycles. The molecule has 0 amide bonds. The van der Waals surface area contributed by atoms with Crippen LogP contribution in [0.15, 0.2) is 30.3 Å². The van der Waals surface area contributed by atoms with E-state index in [1.165, 1.54) is 0 Å². The topological polar surface area (TPSA) is 90.0 Å². The van der Waals surface area contributed by atoms with E-state index in [1.54, 1.807) is 24.3 Å². The lowest BCUT2D eigenvalue weighted by Crippen LogP contribution is -2.43. The summed E-state index contributed by atoms with van der Waals surface area (Å²) in [7, 11) is 0. The fourth-order valence-corrected chi connectivity index (χ4v) is 2.86. The van der Waals surface area contributed by atoms with E-state index >= 15 is 0 Å². The fourth-order valence-electron chi connectivity index (χ4n) is 2.86. The highest BCUT2D eigenvalue weighted by molar-refractivity contribution is 5.89. The van der Waals surface area contributed by atoms with Gasteiger partial charge in [0.05, 0.1) is 5.56 Å². The Balaban J connectivity index is 1.77. The molecule has 0 radical (unpaired) electrons. The molecule has 7 heteroatoms. The van der Waals surface area contributed by atoms with E-state index in [-0.39, 0.29) is 23.9 Å². The summed E-state index contributed by atoms with van der Waals surface area (Å²) in [5, 5.41) is 14.0. The van der Waals surface area contributed by atoms with Crippen molar-refractivity contribution in [1.82, 2.24) is 20.6 Å². The Labute approximate surface area is 134 Å². The van der Waals surface area contributed by atoms with Gasteiger partial charge >= 0.3 is 5.97 Å². The Kier molecular flexibility index (Phi) is 4.38. The van der Waals surface area contributed by atoms with Gasteiger partial charge in [0.25, 0.3) is 0 Å². The molecule has 5 atom stereocenters. The van der Waals surface area contributed by atoms with Crippen molar-refractivity contribution >= 4 is 5.97 Å². The average molecular weight is 316 g/mol. The summed E-state index contributed by atoms with van der Waals surface area (Å²) in [6, 6.07) is 8.90. The van der Waals surface area contributed by atoms with Gasteiger partial charge in [-0.15, -0.1) is 10.2 Å². The summed E-state index contributed by atoms with van der Waals surface area (Å²) in [4.78, 5) is 12.3. The summed E-state index contributed by atoms with van der Waals surface area (Å²) < 4.78 is 11.6. The number of H-pyrrole nitrogens is 1. The normalized spacial score (nSPS) is 30.8. The van der Waals surface area contributed by atoms with Gasteiger partial charge in [-0.05, 0) is 24.0 Å². The number of nitrogens with zero attached hydrogens (tertiary/aromatic N) is 3. The highest BCUT2D eigenvalue weighted by Crippen LogP contribution is 2.41. The van der Waals surface area contributed by atoms with Crippen LogP contribution in [0.1, 0.15) is 43.1 Å². The molecule has 0 bridgehead atoms. The van der Waals surface area contributed by atoms with Crippen molar-refractivity contribution < 1.29 is 14.3 Å². The zero-order valence-electron chi connectivity index (χ0n) is 13.3. The van der Waals surface area contributed by atoms with Crippen LogP contribution in [-0.2, 0) is 9.47 Å². The van der Waals surface area contributed by atoms with Gasteiger partial charge in [0.1, 0.15) is 6.10 Å². The minimum atomic E-state index is -0.641. The van der Waals surface area contributed by atoms with Crippen LogP contribution in [0.25, 0.3) is 0 Å². The van der Waals surface area contributed by atoms with E-state index in [9.17, 15) is 4.79 Å². The molecular formula is C16H20N4O3. The standard InChI is InChI=1S/C16H20N4O3/c1-9-10(2)13(14-17-19-20-18-14)22-16(11(9)3)23-15(21)12-7-5-4-6-8-12/h4-11,13,16H,1-3H3,(H,17,18,19,20)/t9-,10-,11?,13?,16?/m0/s1. The summed E-state index contributed by atoms with van der Waals surface area (Å²) in [5.41, 5.74) is 0.505. The minimum Gasteiger partial charge on any atom is -0.432 e. The lowest BCUT2D eigenvalue weighted by molar-refractivity contribution is -0.229. The maximum Gasteiger partial charge on any atom is 0.340 e. The molecule has 1 aliphatic rings. The van der Waals surface area contributed by atoms with E-state index in [4.69, 9.17) is 9.47 Å². The molecule has 2 aromatic rings. The molecule has 1 aliphatic heterocycles. The largest absolute Gasteiger partial charge is 0.432 e. The molecule has 122 valence electrons. The molecule has 0 aliphatic carbocycles. The van der Waals surface area contributed by atoms with Crippen molar-refractivity contribution in [2.24, 2.45) is 17.8 Å². The first-order chi connectivity index (χ1) is 11.1. The monoisotopic (exact) mass is 316 g/mol. The maximum absolute atomic E-state index is 12.3. The van der Waals surface area contributed by atoms with E-state index in [2.05, 4.69) is 34.5 Å². The average Bonchev–Trinajstić information content (AvgIpc) is 3.10. The quantitative estimate of drug-likeness (QED) is 0.874. The first-order valence-electron chi connectivity index (χ1n) is 7.72. The van der Waals surface area contributed by atoms with Gasteiger partial charge in [-0.3, -0.25) is 0 Å². The minimum absolute atomic E-state index is 0.0702. The molecular weight excluding hydrogens is 296 g/mol. The number of carbonyl (C=O) groups excluding carboxylic acids is 1. The van der Waals surface area contributed by atoms with Crippen molar-refractivity contribution in [2.45, 2.75) is 33.2 Å². The predicted molar refractivity (Wildman–Crippen MR) is 81.1 cm³/mol. The number of hydrogen-bond acceptors (Lipinski definition) is 6. The number of hydrogen-bond donors (Lipinski definition) is 1. The number of nitrogens with one attached hydrogen (secondary N) is 1. The predicted octanol–water partition coefficient (Wildman–Crippen LogP) is 2.36. The zero-order chi connectivity index (χ0) is 16.4. The van der Waals surface area contributed by atoms with Crippen LogP contribution in [0, 0.1) is 17.8 Å². The van der Waals surface area contributed by atoms with E-state index in [1.807, 2.05) is 13.0 Å². The van der Waals surface area contributed by atoms with Crippen LogP contribution in [0.5, 0.6) is 0 Å². The van der Waals surface area contributed by atoms with E-state index in [0.717, 1.165) is 0 Å². The number of rotatable bonds is 3. The molecule has 3 rings (SSSR count). The fraction of sp³-hybridized carbons (Fsp3) is 0.500. The SMILES string of the molecule is CC1C(OC(=O)c2ccccc2)OC(c2nn[nH]n2)[C@@H](C)[C@@H]1C. The summed E-state index contributed by atoms with van der Waals surface area (Å²) in [5.74, 6) is 0.629. The maximum atomic E-state index is 12.3. The second-order valence-electron chi connectivity index (χ2n) is 6.04. The molecule has 1 aromatic heterocycles. The molecule has 0 saturated carbocycles. The van der Waals surface area contributed by atoms with Gasteiger partial charge in [0.15, 0.2) is 0 Å². The van der Waals surface area contributed by atoms with Gasteiger partial charge in [-0.1, -0.05) is 44.2 Å². The van der Waals surface area contributed by atoms with Gasteiger partial charge < -0.3 is 9.47 Å². The van der Waals surface area contributed by atoms with E-state index < -0.39 is 12.3 Å². The van der Waals surface area contributed by atoms with Crippen molar-refractivity contribution in [2.75, 3.05) is 0 Å². The Morgan fingerprint density at radius 2 is 1.87 bits per heavy atom. The molecule has 0 spiro atoms. The number of ether oxygens (including phenoxy) is 2. The van der Waals surface area contributed by atoms with E-state index in [0.29, 0.717) is 11.4 Å². The van der Waals surface area contributed by atoms with Crippen molar-refractivity contribution in [3.8, 4) is 0 Å². The number of benzene rings is 1. The van der Waals surface area contributed by atoms with Crippen LogP contribution in [0.2, 0.25) is 0 Å². The number of tetrazole rings is 1. The van der Waals surface area contributed by atoms with Gasteiger partial charge in [-0.2, -0.15) is 5.21 Å². The highest BCUT2D eigenvalue weighted by Gasteiger charge is 2.43. The van der Waals surface area contributed by atoms with Gasteiger partial charge in [-0.25, -0.2) is 4.79 Å². The third-order valence-corrected chi connectivity index (χ3v) is 4.70. The van der Waals surface area contributed by atoms with Gasteiger partial charge in [0, 0.05) is 5.92 Å². The zero-order valence-corrected chi connectivity index (χ0v) is 13.3. The van der Waals surface area contributed by atoms with Crippen molar-refractivity contribution in [3.05, 3.63) is 41.7 Å². The molecule has 23 heavy (non-hydrogen) atoms. The molecule has 1 saturated heterocycles. The lowest BCUT2D eigenvalue weighted by atomic mass is 9.78. The Morgan fingerprint density at radius 3 is 2.52 bits per heavy atom. The highest BCUT2D eigenvalue weighted by atomic mass is 16.7. The summed E-state index contributed by atoms with van der Waals surface area (Å²) in [6.45, 7) is 6.22. The lowest BCUT2D eigenvalue weighted by Gasteiger charge is -2.41. The second kappa shape index (κ2) is 6.45. The third-order valence-electron chi connectivity index (χ3n) is 4.70. The van der Waals surface area contributed by atoms with Gasteiger partial charge in [0.2, 0.25) is 12.1 Å². The van der Waals surface area contributed by atoms with Crippen molar-refractivity contribution in [1.29, 1.82) is 0 Å². The Morgan fingerprint density at radius 1 is 1.13 bits per heavy atom. The summed E-state index contributed by atoms with van der Waals surface area (Å²) >= 11 is 0. The molecule has 7 nitrogen and oxygen atoms in total. The van der Waals surface area contributed by atoms with Crippen molar-refractivity contribution in [3.63, 3.8) is 0 Å². The molecule has 1 fully saturated rings. The number of carbonyl (C=O) groups is 1. The van der Waals surface area contributed by atoms with Crippen LogP contribution >= 0.6 is 0 Å². The number of esters is 1. The first kappa shape index (κ1) is 15.6. The molecule has 1 N–H and O–H groups in total. The Bertz CT molecular complexity index is 647. The second-order valence-corrected chi connectivity index (χ2v) is 6.04. The third kappa shape index (κ3) is 3.10. The first-order valence-corrected chi connectivity index (χ1v) is 7.72. The van der Waals surface area contributed by atoms with Crippen LogP contribution < -0.4 is 0 Å². The van der Waals surface area contributed by atoms with Crippen LogP contribution in [0.3, 0.4) is 0 Å². The van der Waals surface area contributed by atoms with Crippen LogP contribution in [0.4, 0.5) is 0 Å². The Hall–Kier alpha value is -2.28. The smallest absolute Gasteiger partial charge is 0.340 e. The number of aromatic nitrogens is 4.